The van der Waals surface area contributed by atoms with Gasteiger partial charge in [0.1, 0.15) is 5.82 Å². The van der Waals surface area contributed by atoms with Crippen LogP contribution in [0.1, 0.15) is 50.5 Å². The highest BCUT2D eigenvalue weighted by molar-refractivity contribution is 9.10. The van der Waals surface area contributed by atoms with Gasteiger partial charge in [0.05, 0.1) is 10.6 Å². The summed E-state index contributed by atoms with van der Waals surface area (Å²) in [5.74, 6) is 0.538. The molecule has 0 aliphatic heterocycles. The number of aliphatic hydroxyl groups excluding tert-OH is 1. The van der Waals surface area contributed by atoms with Gasteiger partial charge < -0.3 is 5.11 Å². The van der Waals surface area contributed by atoms with Crippen molar-refractivity contribution in [1.29, 1.82) is 0 Å². The summed E-state index contributed by atoms with van der Waals surface area (Å²) in [4.78, 5) is 0. The van der Waals surface area contributed by atoms with Crippen LogP contribution in [0.25, 0.3) is 0 Å². The van der Waals surface area contributed by atoms with E-state index >= 15 is 0 Å². The Hall–Kier alpha value is -0.410. The maximum absolute atomic E-state index is 13.4. The molecule has 2 rings (SSSR count). The first-order valence-electron chi connectivity index (χ1n) is 7.27. The lowest BCUT2D eigenvalue weighted by atomic mass is 9.85. The maximum Gasteiger partial charge on any atom is 0.137 e. The minimum atomic E-state index is -0.361. The molecule has 1 aliphatic carbocycles. The summed E-state index contributed by atoms with van der Waals surface area (Å²) < 4.78 is 13.9. The normalized spacial score (nSPS) is 18.5. The van der Waals surface area contributed by atoms with Crippen molar-refractivity contribution in [2.75, 3.05) is 0 Å². The molecule has 1 aromatic rings. The summed E-state index contributed by atoms with van der Waals surface area (Å²) in [6.07, 6.45) is 8.79. The second-order valence-corrected chi connectivity index (χ2v) is 6.45. The molecular weight excluding hydrogens is 307 g/mol. The fraction of sp³-hybridized carbons (Fsp3) is 0.625. The lowest BCUT2D eigenvalue weighted by Crippen LogP contribution is -2.15. The summed E-state index contributed by atoms with van der Waals surface area (Å²) >= 11 is 3.25. The van der Waals surface area contributed by atoms with Gasteiger partial charge in [0.25, 0.3) is 0 Å². The highest BCUT2D eigenvalue weighted by Gasteiger charge is 2.16. The van der Waals surface area contributed by atoms with Gasteiger partial charge >= 0.3 is 0 Å². The summed E-state index contributed by atoms with van der Waals surface area (Å²) in [6.45, 7) is 0. The Bertz CT molecular complexity index is 402. The average molecular weight is 329 g/mol. The van der Waals surface area contributed by atoms with E-state index in [2.05, 4.69) is 15.9 Å². The third kappa shape index (κ3) is 4.57. The molecule has 3 heteroatoms. The summed E-state index contributed by atoms with van der Waals surface area (Å²) in [7, 11) is 0. The van der Waals surface area contributed by atoms with Gasteiger partial charge in [0.2, 0.25) is 0 Å². The Morgan fingerprint density at radius 1 is 1.26 bits per heavy atom. The molecule has 0 amide bonds. The van der Waals surface area contributed by atoms with E-state index in [1.807, 2.05) is 6.07 Å². The molecule has 1 saturated carbocycles. The minimum absolute atomic E-state index is 0.253. The van der Waals surface area contributed by atoms with E-state index in [1.54, 1.807) is 6.07 Å². The van der Waals surface area contributed by atoms with E-state index in [-0.39, 0.29) is 11.9 Å². The van der Waals surface area contributed by atoms with Gasteiger partial charge in [-0.05, 0) is 52.7 Å². The minimum Gasteiger partial charge on any atom is -0.393 e. The maximum atomic E-state index is 13.4. The molecule has 19 heavy (non-hydrogen) atoms. The summed E-state index contributed by atoms with van der Waals surface area (Å²) in [6, 6.07) is 5.00. The van der Waals surface area contributed by atoms with Gasteiger partial charge in [-0.2, -0.15) is 0 Å². The van der Waals surface area contributed by atoms with Crippen molar-refractivity contribution >= 4 is 15.9 Å². The van der Waals surface area contributed by atoms with Crippen LogP contribution in [0, 0.1) is 11.7 Å². The fourth-order valence-corrected chi connectivity index (χ4v) is 3.39. The van der Waals surface area contributed by atoms with E-state index in [0.29, 0.717) is 10.9 Å². The Kier molecular flexibility index (Phi) is 5.83. The molecule has 0 saturated heterocycles. The van der Waals surface area contributed by atoms with Crippen LogP contribution in [0.3, 0.4) is 0 Å². The molecule has 0 radical (unpaired) electrons. The monoisotopic (exact) mass is 328 g/mol. The molecule has 106 valence electrons. The molecule has 1 nitrogen and oxygen atoms in total. The van der Waals surface area contributed by atoms with Crippen LogP contribution in [-0.4, -0.2) is 11.2 Å². The van der Waals surface area contributed by atoms with E-state index in [4.69, 9.17) is 0 Å². The molecule has 0 bridgehead atoms. The van der Waals surface area contributed by atoms with Crippen LogP contribution in [0.5, 0.6) is 0 Å². The van der Waals surface area contributed by atoms with Gasteiger partial charge in [0.15, 0.2) is 0 Å². The molecule has 1 aromatic carbocycles. The highest BCUT2D eigenvalue weighted by Crippen LogP contribution is 2.28. The molecule has 1 fully saturated rings. The van der Waals surface area contributed by atoms with Crippen LogP contribution in [0.2, 0.25) is 0 Å². The van der Waals surface area contributed by atoms with Gasteiger partial charge in [0, 0.05) is 0 Å². The largest absolute Gasteiger partial charge is 0.393 e. The van der Waals surface area contributed by atoms with Crippen LogP contribution in [-0.2, 0) is 6.42 Å². The number of aliphatic hydroxyl groups is 1. The third-order valence-corrected chi connectivity index (χ3v) is 5.01. The van der Waals surface area contributed by atoms with Gasteiger partial charge in [-0.25, -0.2) is 4.39 Å². The van der Waals surface area contributed by atoms with Crippen molar-refractivity contribution in [2.45, 2.75) is 57.5 Å². The topological polar surface area (TPSA) is 20.2 Å². The molecule has 1 N–H and O–H groups in total. The van der Waals surface area contributed by atoms with Gasteiger partial charge in [-0.3, -0.25) is 0 Å². The standard InChI is InChI=1S/C16H22BrFO/c17-16-13(7-4-8-15(16)18)11-14(19)10-9-12-5-2-1-3-6-12/h4,7-8,12,14,19H,1-3,5-6,9-11H2. The fourth-order valence-electron chi connectivity index (χ4n) is 2.97. The van der Waals surface area contributed by atoms with E-state index in [9.17, 15) is 9.50 Å². The molecule has 1 aliphatic rings. The predicted octanol–water partition coefficient (Wildman–Crippen LogP) is 4.85. The highest BCUT2D eigenvalue weighted by atomic mass is 79.9. The van der Waals surface area contributed by atoms with E-state index in [0.717, 1.165) is 24.3 Å². The van der Waals surface area contributed by atoms with Crippen molar-refractivity contribution in [3.8, 4) is 0 Å². The van der Waals surface area contributed by atoms with Crippen LogP contribution >= 0.6 is 15.9 Å². The van der Waals surface area contributed by atoms with Crippen molar-refractivity contribution in [1.82, 2.24) is 0 Å². The smallest absolute Gasteiger partial charge is 0.137 e. The average Bonchev–Trinajstić information content (AvgIpc) is 2.43. The number of hydrogen-bond donors (Lipinski definition) is 1. The molecule has 1 atom stereocenters. The lowest BCUT2D eigenvalue weighted by Gasteiger charge is -2.22. The number of benzene rings is 1. The zero-order valence-corrected chi connectivity index (χ0v) is 12.8. The van der Waals surface area contributed by atoms with Crippen molar-refractivity contribution in [3.63, 3.8) is 0 Å². The van der Waals surface area contributed by atoms with Crippen LogP contribution in [0.15, 0.2) is 22.7 Å². The second kappa shape index (κ2) is 7.39. The van der Waals surface area contributed by atoms with Gasteiger partial charge in [-0.1, -0.05) is 44.2 Å². The van der Waals surface area contributed by atoms with Crippen molar-refractivity contribution in [3.05, 3.63) is 34.1 Å². The Morgan fingerprint density at radius 2 is 2.00 bits per heavy atom. The Morgan fingerprint density at radius 3 is 2.74 bits per heavy atom. The summed E-state index contributed by atoms with van der Waals surface area (Å²) in [5, 5.41) is 10.1. The molecule has 0 heterocycles. The van der Waals surface area contributed by atoms with Crippen LogP contribution < -0.4 is 0 Å². The first-order chi connectivity index (χ1) is 9.16. The Balaban J connectivity index is 1.80. The predicted molar refractivity (Wildman–Crippen MR) is 79.6 cm³/mol. The second-order valence-electron chi connectivity index (χ2n) is 5.65. The lowest BCUT2D eigenvalue weighted by molar-refractivity contribution is 0.149. The van der Waals surface area contributed by atoms with E-state index < -0.39 is 0 Å². The van der Waals surface area contributed by atoms with Crippen LogP contribution in [0.4, 0.5) is 4.39 Å². The first kappa shape index (κ1) is 15.0. The van der Waals surface area contributed by atoms with Gasteiger partial charge in [-0.15, -0.1) is 0 Å². The summed E-state index contributed by atoms with van der Waals surface area (Å²) in [5.41, 5.74) is 0.858. The van der Waals surface area contributed by atoms with E-state index in [1.165, 1.54) is 38.2 Å². The van der Waals surface area contributed by atoms with Crippen molar-refractivity contribution in [2.24, 2.45) is 5.92 Å². The SMILES string of the molecule is OC(CCC1CCCCC1)Cc1cccc(F)c1Br. The molecular formula is C16H22BrFO. The number of rotatable bonds is 5. The Labute approximate surface area is 123 Å². The molecule has 1 unspecified atom stereocenters. The molecule has 0 spiro atoms. The first-order valence-corrected chi connectivity index (χ1v) is 8.07. The molecule has 0 aromatic heterocycles. The zero-order chi connectivity index (χ0) is 13.7. The number of hydrogen-bond acceptors (Lipinski definition) is 1. The number of halogens is 2. The quantitative estimate of drug-likeness (QED) is 0.818. The third-order valence-electron chi connectivity index (χ3n) is 4.12. The zero-order valence-electron chi connectivity index (χ0n) is 11.2. The van der Waals surface area contributed by atoms with Crippen molar-refractivity contribution < 1.29 is 9.50 Å².